The molecule has 6 heteroatoms. The summed E-state index contributed by atoms with van der Waals surface area (Å²) in [5, 5.41) is 5.46. The number of unbranched alkanes of at least 4 members (excludes halogenated alkanes) is 2. The van der Waals surface area contributed by atoms with Gasteiger partial charge < -0.3 is 20.1 Å². The fourth-order valence-corrected chi connectivity index (χ4v) is 2.80. The van der Waals surface area contributed by atoms with Gasteiger partial charge in [0.2, 0.25) is 0 Å². The van der Waals surface area contributed by atoms with E-state index in [2.05, 4.69) is 17.6 Å². The molecule has 136 valence electrons. The Balaban J connectivity index is 2.29. The predicted molar refractivity (Wildman–Crippen MR) is 95.2 cm³/mol. The molecular weight excluding hydrogens is 320 g/mol. The summed E-state index contributed by atoms with van der Waals surface area (Å²) < 4.78 is 11.1. The summed E-state index contributed by atoms with van der Waals surface area (Å²) in [4.78, 5) is 24.6. The Morgan fingerprint density at radius 2 is 1.96 bits per heavy atom. The quantitative estimate of drug-likeness (QED) is 0.558. The van der Waals surface area contributed by atoms with E-state index in [1.54, 1.807) is 6.92 Å². The molecule has 1 aromatic carbocycles. The zero-order chi connectivity index (χ0) is 18.2. The van der Waals surface area contributed by atoms with E-state index in [1.165, 1.54) is 0 Å². The standard InChI is InChI=1S/C19H26N2O4/c1-4-6-9-12-25-18(22)16-13(3)20-19(23)21-17(16)14-10-7-8-11-15(14)24-5-2/h7-8,10-11,17H,4-6,9,12H2,1-3H3,(H2,20,21,23). The average Bonchev–Trinajstić information content (AvgIpc) is 2.58. The van der Waals surface area contributed by atoms with Crippen LogP contribution in [0.3, 0.4) is 0 Å². The molecule has 1 aliphatic rings. The Morgan fingerprint density at radius 3 is 2.68 bits per heavy atom. The fraction of sp³-hybridized carbons (Fsp3) is 0.474. The summed E-state index contributed by atoms with van der Waals surface area (Å²) in [6.45, 7) is 6.56. The van der Waals surface area contributed by atoms with Crippen LogP contribution in [0.4, 0.5) is 4.79 Å². The molecule has 1 aliphatic heterocycles. The second-order valence-electron chi connectivity index (χ2n) is 5.88. The highest BCUT2D eigenvalue weighted by Gasteiger charge is 2.33. The maximum absolute atomic E-state index is 12.6. The Morgan fingerprint density at radius 1 is 1.20 bits per heavy atom. The highest BCUT2D eigenvalue weighted by Crippen LogP contribution is 2.33. The summed E-state index contributed by atoms with van der Waals surface area (Å²) in [5.74, 6) is 0.221. The van der Waals surface area contributed by atoms with Crippen molar-refractivity contribution in [3.05, 3.63) is 41.1 Å². The maximum atomic E-state index is 12.6. The fourth-order valence-electron chi connectivity index (χ4n) is 2.80. The van der Waals surface area contributed by atoms with Crippen LogP contribution in [-0.2, 0) is 9.53 Å². The number of hydrogen-bond donors (Lipinski definition) is 2. The first kappa shape index (κ1) is 18.8. The van der Waals surface area contributed by atoms with E-state index in [-0.39, 0.29) is 6.03 Å². The monoisotopic (exact) mass is 346 g/mol. The van der Waals surface area contributed by atoms with Crippen LogP contribution in [0.1, 0.15) is 51.6 Å². The summed E-state index contributed by atoms with van der Waals surface area (Å²) in [6.07, 6.45) is 2.90. The van der Waals surface area contributed by atoms with Crippen molar-refractivity contribution >= 4 is 12.0 Å². The highest BCUT2D eigenvalue weighted by molar-refractivity contribution is 5.95. The topological polar surface area (TPSA) is 76.7 Å². The lowest BCUT2D eigenvalue weighted by Gasteiger charge is -2.29. The van der Waals surface area contributed by atoms with Crippen molar-refractivity contribution in [2.24, 2.45) is 0 Å². The SMILES string of the molecule is CCCCCOC(=O)C1=C(C)NC(=O)NC1c1ccccc1OCC. The van der Waals surface area contributed by atoms with Gasteiger partial charge in [-0.25, -0.2) is 9.59 Å². The van der Waals surface area contributed by atoms with Gasteiger partial charge in [0.1, 0.15) is 5.75 Å². The number of carbonyl (C=O) groups is 2. The predicted octanol–water partition coefficient (Wildman–Crippen LogP) is 3.45. The van der Waals surface area contributed by atoms with Crippen LogP contribution < -0.4 is 15.4 Å². The van der Waals surface area contributed by atoms with Crippen LogP contribution in [0.15, 0.2) is 35.5 Å². The molecule has 2 amide bonds. The molecule has 0 fully saturated rings. The van der Waals surface area contributed by atoms with Gasteiger partial charge in [-0.3, -0.25) is 0 Å². The van der Waals surface area contributed by atoms with E-state index >= 15 is 0 Å². The first-order valence-electron chi connectivity index (χ1n) is 8.75. The minimum atomic E-state index is -0.602. The number of hydrogen-bond acceptors (Lipinski definition) is 4. The van der Waals surface area contributed by atoms with Gasteiger partial charge in [0.25, 0.3) is 0 Å². The smallest absolute Gasteiger partial charge is 0.338 e. The van der Waals surface area contributed by atoms with Gasteiger partial charge >= 0.3 is 12.0 Å². The van der Waals surface area contributed by atoms with E-state index in [9.17, 15) is 9.59 Å². The summed E-state index contributed by atoms with van der Waals surface area (Å²) in [6, 6.07) is 6.43. The summed E-state index contributed by atoms with van der Waals surface area (Å²) in [5.41, 5.74) is 1.64. The molecule has 2 N–H and O–H groups in total. The number of rotatable bonds is 8. The second kappa shape index (κ2) is 9.11. The first-order valence-corrected chi connectivity index (χ1v) is 8.75. The number of carbonyl (C=O) groups excluding carboxylic acids is 2. The van der Waals surface area contributed by atoms with Crippen molar-refractivity contribution in [1.82, 2.24) is 10.6 Å². The number of nitrogens with one attached hydrogen (secondary N) is 2. The van der Waals surface area contributed by atoms with Gasteiger partial charge in [-0.1, -0.05) is 38.0 Å². The second-order valence-corrected chi connectivity index (χ2v) is 5.88. The zero-order valence-electron chi connectivity index (χ0n) is 15.1. The third-order valence-electron chi connectivity index (χ3n) is 4.00. The lowest BCUT2D eigenvalue weighted by molar-refractivity contribution is -0.139. The number of esters is 1. The molecule has 1 heterocycles. The Labute approximate surface area is 148 Å². The summed E-state index contributed by atoms with van der Waals surface area (Å²) >= 11 is 0. The van der Waals surface area contributed by atoms with Gasteiger partial charge in [0, 0.05) is 11.3 Å². The number of allylic oxidation sites excluding steroid dienone is 1. The van der Waals surface area contributed by atoms with Gasteiger partial charge in [-0.2, -0.15) is 0 Å². The highest BCUT2D eigenvalue weighted by atomic mass is 16.5. The van der Waals surface area contributed by atoms with Crippen LogP contribution in [0.25, 0.3) is 0 Å². The van der Waals surface area contributed by atoms with E-state index < -0.39 is 12.0 Å². The van der Waals surface area contributed by atoms with Crippen molar-refractivity contribution < 1.29 is 19.1 Å². The molecule has 1 aromatic rings. The third kappa shape index (κ3) is 4.75. The van der Waals surface area contributed by atoms with Crippen molar-refractivity contribution in [3.63, 3.8) is 0 Å². The summed E-state index contributed by atoms with van der Waals surface area (Å²) in [7, 11) is 0. The number of urea groups is 1. The Hall–Kier alpha value is -2.50. The molecule has 1 atom stereocenters. The Kier molecular flexibility index (Phi) is 6.86. The van der Waals surface area contributed by atoms with E-state index in [1.807, 2.05) is 31.2 Å². The molecule has 0 bridgehead atoms. The van der Waals surface area contributed by atoms with E-state index in [0.717, 1.165) is 24.8 Å². The Bertz CT molecular complexity index is 655. The lowest BCUT2D eigenvalue weighted by atomic mass is 9.95. The minimum Gasteiger partial charge on any atom is -0.494 e. The minimum absolute atomic E-state index is 0.351. The lowest BCUT2D eigenvalue weighted by Crippen LogP contribution is -2.45. The number of amides is 2. The van der Waals surface area contributed by atoms with Crippen molar-refractivity contribution in [2.75, 3.05) is 13.2 Å². The van der Waals surface area contributed by atoms with Crippen LogP contribution in [0.2, 0.25) is 0 Å². The molecule has 1 unspecified atom stereocenters. The molecule has 6 nitrogen and oxygen atoms in total. The largest absolute Gasteiger partial charge is 0.494 e. The average molecular weight is 346 g/mol. The van der Waals surface area contributed by atoms with Crippen molar-refractivity contribution in [1.29, 1.82) is 0 Å². The molecule has 0 spiro atoms. The molecule has 2 rings (SSSR count). The molecule has 0 aromatic heterocycles. The molecule has 0 saturated heterocycles. The van der Waals surface area contributed by atoms with Gasteiger partial charge in [-0.15, -0.1) is 0 Å². The van der Waals surface area contributed by atoms with Crippen molar-refractivity contribution in [3.8, 4) is 5.75 Å². The van der Waals surface area contributed by atoms with E-state index in [4.69, 9.17) is 9.47 Å². The molecule has 25 heavy (non-hydrogen) atoms. The van der Waals surface area contributed by atoms with E-state index in [0.29, 0.717) is 30.2 Å². The normalized spacial score (nSPS) is 16.9. The molecule has 0 radical (unpaired) electrons. The number of para-hydroxylation sites is 1. The van der Waals surface area contributed by atoms with Crippen molar-refractivity contribution in [2.45, 2.75) is 46.1 Å². The molecule has 0 aliphatic carbocycles. The number of ether oxygens (including phenoxy) is 2. The number of benzene rings is 1. The van der Waals surface area contributed by atoms with Crippen LogP contribution in [0, 0.1) is 0 Å². The molecule has 0 saturated carbocycles. The third-order valence-corrected chi connectivity index (χ3v) is 4.00. The van der Waals surface area contributed by atoms with Gasteiger partial charge in [0.15, 0.2) is 0 Å². The van der Waals surface area contributed by atoms with Crippen LogP contribution >= 0.6 is 0 Å². The van der Waals surface area contributed by atoms with Gasteiger partial charge in [0.05, 0.1) is 24.8 Å². The van der Waals surface area contributed by atoms with Gasteiger partial charge in [-0.05, 0) is 26.3 Å². The first-order chi connectivity index (χ1) is 12.1. The van der Waals surface area contributed by atoms with Crippen LogP contribution in [-0.4, -0.2) is 25.2 Å². The maximum Gasteiger partial charge on any atom is 0.338 e. The zero-order valence-corrected chi connectivity index (χ0v) is 15.1. The van der Waals surface area contributed by atoms with Crippen LogP contribution in [0.5, 0.6) is 5.75 Å². The molecular formula is C19H26N2O4.